The van der Waals surface area contributed by atoms with Crippen molar-refractivity contribution in [2.24, 2.45) is 0 Å². The number of nitrogens with zero attached hydrogens (tertiary/aromatic N) is 1. The fraction of sp³-hybridized carbons (Fsp3) is 0.308. The molecule has 0 aliphatic heterocycles. The average molecular weight is 280 g/mol. The molecule has 1 heterocycles. The van der Waals surface area contributed by atoms with Gasteiger partial charge in [-0.3, -0.25) is 0 Å². The van der Waals surface area contributed by atoms with Crippen molar-refractivity contribution in [3.8, 4) is 27.7 Å². The Morgan fingerprint density at radius 1 is 1.05 bits per heavy atom. The number of benzene rings is 1. The van der Waals surface area contributed by atoms with Gasteiger partial charge < -0.3 is 19.5 Å². The van der Waals surface area contributed by atoms with Gasteiger partial charge >= 0.3 is 0 Å². The highest BCUT2D eigenvalue weighted by atomic mass is 32.1. The molecule has 0 saturated heterocycles. The highest BCUT2D eigenvalue weighted by molar-refractivity contribution is 7.18. The zero-order valence-electron chi connectivity index (χ0n) is 11.3. The van der Waals surface area contributed by atoms with Gasteiger partial charge in [0.05, 0.1) is 31.8 Å². The van der Waals surface area contributed by atoms with Crippen molar-refractivity contribution in [3.63, 3.8) is 0 Å². The molecule has 0 radical (unpaired) electrons. The van der Waals surface area contributed by atoms with Crippen molar-refractivity contribution in [2.45, 2.75) is 0 Å². The molecular weight excluding hydrogens is 264 g/mol. The van der Waals surface area contributed by atoms with E-state index < -0.39 is 0 Å². The Labute approximate surface area is 116 Å². The molecule has 5 nitrogen and oxygen atoms in total. The van der Waals surface area contributed by atoms with Crippen LogP contribution in [0.3, 0.4) is 0 Å². The number of nitrogens with one attached hydrogen (secondary N) is 1. The van der Waals surface area contributed by atoms with Crippen LogP contribution in [0.25, 0.3) is 10.4 Å². The Hall–Kier alpha value is -1.95. The molecule has 0 bridgehead atoms. The van der Waals surface area contributed by atoms with E-state index in [0.717, 1.165) is 15.6 Å². The first-order valence-corrected chi connectivity index (χ1v) is 6.49. The smallest absolute Gasteiger partial charge is 0.182 e. The summed E-state index contributed by atoms with van der Waals surface area (Å²) in [7, 11) is 6.69. The van der Waals surface area contributed by atoms with Crippen LogP contribution < -0.4 is 19.5 Å². The van der Waals surface area contributed by atoms with Crippen molar-refractivity contribution in [1.29, 1.82) is 0 Å². The fourth-order valence-electron chi connectivity index (χ4n) is 1.75. The number of aromatic nitrogens is 1. The third-order valence-corrected chi connectivity index (χ3v) is 3.71. The van der Waals surface area contributed by atoms with Gasteiger partial charge in [0.1, 0.15) is 17.2 Å². The SMILES string of the molecule is CNc1ncc(-c2c(OC)cc(OC)cc2OC)s1. The van der Waals surface area contributed by atoms with Crippen LogP contribution in [0.4, 0.5) is 5.13 Å². The molecule has 2 rings (SSSR count). The van der Waals surface area contributed by atoms with Crippen LogP contribution in [-0.2, 0) is 0 Å². The van der Waals surface area contributed by atoms with Gasteiger partial charge in [-0.25, -0.2) is 4.98 Å². The van der Waals surface area contributed by atoms with Crippen molar-refractivity contribution >= 4 is 16.5 Å². The van der Waals surface area contributed by atoms with Crippen molar-refractivity contribution in [1.82, 2.24) is 4.98 Å². The number of hydrogen-bond donors (Lipinski definition) is 1. The number of methoxy groups -OCH3 is 3. The zero-order valence-corrected chi connectivity index (χ0v) is 12.1. The lowest BCUT2D eigenvalue weighted by atomic mass is 10.1. The predicted octanol–water partition coefficient (Wildman–Crippen LogP) is 2.88. The van der Waals surface area contributed by atoms with E-state index in [1.54, 1.807) is 27.5 Å². The van der Waals surface area contributed by atoms with Gasteiger partial charge in [0.15, 0.2) is 5.13 Å². The Morgan fingerprint density at radius 2 is 1.68 bits per heavy atom. The van der Waals surface area contributed by atoms with Gasteiger partial charge in [-0.15, -0.1) is 0 Å². The van der Waals surface area contributed by atoms with E-state index in [0.29, 0.717) is 17.2 Å². The monoisotopic (exact) mass is 280 g/mol. The van der Waals surface area contributed by atoms with Crippen molar-refractivity contribution in [2.75, 3.05) is 33.7 Å². The molecule has 6 heteroatoms. The first-order chi connectivity index (χ1) is 9.23. The minimum Gasteiger partial charge on any atom is -0.496 e. The summed E-state index contributed by atoms with van der Waals surface area (Å²) in [6.45, 7) is 0. The van der Waals surface area contributed by atoms with Crippen LogP contribution in [0.2, 0.25) is 0 Å². The summed E-state index contributed by atoms with van der Waals surface area (Å²) in [6, 6.07) is 3.66. The molecule has 102 valence electrons. The second-order valence-electron chi connectivity index (χ2n) is 3.69. The van der Waals surface area contributed by atoms with Gasteiger partial charge in [0.2, 0.25) is 0 Å². The molecule has 0 aliphatic carbocycles. The lowest BCUT2D eigenvalue weighted by Crippen LogP contribution is -1.94. The largest absolute Gasteiger partial charge is 0.496 e. The number of hydrogen-bond acceptors (Lipinski definition) is 6. The first-order valence-electron chi connectivity index (χ1n) is 5.67. The Balaban J connectivity index is 2.59. The Kier molecular flexibility index (Phi) is 4.11. The highest BCUT2D eigenvalue weighted by Gasteiger charge is 2.17. The van der Waals surface area contributed by atoms with Crippen LogP contribution in [0, 0.1) is 0 Å². The minimum atomic E-state index is 0.691. The van der Waals surface area contributed by atoms with E-state index in [2.05, 4.69) is 10.3 Å². The normalized spacial score (nSPS) is 10.1. The summed E-state index contributed by atoms with van der Waals surface area (Å²) in [5.41, 5.74) is 0.879. The summed E-state index contributed by atoms with van der Waals surface area (Å²) in [5.74, 6) is 2.08. The first kappa shape index (κ1) is 13.5. The summed E-state index contributed by atoms with van der Waals surface area (Å²) < 4.78 is 16.1. The van der Waals surface area contributed by atoms with E-state index >= 15 is 0 Å². The van der Waals surface area contributed by atoms with Gasteiger partial charge in [-0.05, 0) is 0 Å². The maximum atomic E-state index is 5.43. The fourth-order valence-corrected chi connectivity index (χ4v) is 2.58. The molecule has 0 unspecified atom stereocenters. The molecule has 0 spiro atoms. The van der Waals surface area contributed by atoms with E-state index in [-0.39, 0.29) is 0 Å². The Bertz CT molecular complexity index is 544. The zero-order chi connectivity index (χ0) is 13.8. The van der Waals surface area contributed by atoms with Crippen LogP contribution in [0.15, 0.2) is 18.3 Å². The molecular formula is C13H16N2O3S. The number of ether oxygens (including phenoxy) is 3. The molecule has 0 aliphatic rings. The lowest BCUT2D eigenvalue weighted by molar-refractivity contribution is 0.377. The predicted molar refractivity (Wildman–Crippen MR) is 76.8 cm³/mol. The van der Waals surface area contributed by atoms with Crippen LogP contribution in [-0.4, -0.2) is 33.4 Å². The second kappa shape index (κ2) is 5.79. The van der Waals surface area contributed by atoms with E-state index in [1.165, 1.54) is 11.3 Å². The second-order valence-corrected chi connectivity index (χ2v) is 4.72. The number of thiazole rings is 1. The molecule has 19 heavy (non-hydrogen) atoms. The third kappa shape index (κ3) is 2.58. The minimum absolute atomic E-state index is 0.691. The van der Waals surface area contributed by atoms with Gasteiger partial charge in [-0.1, -0.05) is 11.3 Å². The van der Waals surface area contributed by atoms with Crippen LogP contribution in [0.1, 0.15) is 0 Å². The number of anilines is 1. The van der Waals surface area contributed by atoms with E-state index in [9.17, 15) is 0 Å². The topological polar surface area (TPSA) is 52.6 Å². The van der Waals surface area contributed by atoms with Crippen LogP contribution >= 0.6 is 11.3 Å². The standard InChI is InChI=1S/C13H16N2O3S/c1-14-13-15-7-11(19-13)12-9(17-3)5-8(16-2)6-10(12)18-4/h5-7H,1-4H3,(H,14,15). The molecule has 0 saturated carbocycles. The van der Waals surface area contributed by atoms with Crippen LogP contribution in [0.5, 0.6) is 17.2 Å². The molecule has 0 amide bonds. The summed E-state index contributed by atoms with van der Waals surface area (Å²) in [4.78, 5) is 5.24. The van der Waals surface area contributed by atoms with Gasteiger partial charge in [0, 0.05) is 25.4 Å². The highest BCUT2D eigenvalue weighted by Crippen LogP contribution is 2.44. The molecule has 1 N–H and O–H groups in total. The van der Waals surface area contributed by atoms with Gasteiger partial charge in [-0.2, -0.15) is 0 Å². The molecule has 0 atom stereocenters. The average Bonchev–Trinajstić information content (AvgIpc) is 2.94. The van der Waals surface area contributed by atoms with Crippen molar-refractivity contribution < 1.29 is 14.2 Å². The van der Waals surface area contributed by atoms with Crippen molar-refractivity contribution in [3.05, 3.63) is 18.3 Å². The molecule has 2 aromatic rings. The molecule has 1 aromatic carbocycles. The van der Waals surface area contributed by atoms with Gasteiger partial charge in [0.25, 0.3) is 0 Å². The molecule has 1 aromatic heterocycles. The maximum Gasteiger partial charge on any atom is 0.182 e. The summed E-state index contributed by atoms with van der Waals surface area (Å²) in [6.07, 6.45) is 1.79. The molecule has 0 fully saturated rings. The maximum absolute atomic E-state index is 5.43. The van der Waals surface area contributed by atoms with E-state index in [4.69, 9.17) is 14.2 Å². The lowest BCUT2D eigenvalue weighted by Gasteiger charge is -2.13. The Morgan fingerprint density at radius 3 is 2.11 bits per heavy atom. The third-order valence-electron chi connectivity index (χ3n) is 2.68. The van der Waals surface area contributed by atoms with E-state index in [1.807, 2.05) is 19.2 Å². The quantitative estimate of drug-likeness (QED) is 0.912. The number of rotatable bonds is 5. The summed E-state index contributed by atoms with van der Waals surface area (Å²) >= 11 is 1.54. The summed E-state index contributed by atoms with van der Waals surface area (Å²) in [5, 5.41) is 3.86.